The molecule has 0 N–H and O–H groups in total. The molecule has 0 nitrogen and oxygen atoms in total. The zero-order chi connectivity index (χ0) is 6.04. The second kappa shape index (κ2) is 1.77. The lowest BCUT2D eigenvalue weighted by molar-refractivity contribution is 0.615. The first-order valence-electron chi connectivity index (χ1n) is 3.06. The van der Waals surface area contributed by atoms with E-state index in [1.54, 1.807) is 0 Å². The summed E-state index contributed by atoms with van der Waals surface area (Å²) < 4.78 is 0. The van der Waals surface area contributed by atoms with Crippen LogP contribution in [0.3, 0.4) is 0 Å². The molecular weight excluding hydrogens is 96.1 g/mol. The number of hydrogen-bond donors (Lipinski definition) is 0. The third kappa shape index (κ3) is 1.22. The molecule has 0 radical (unpaired) electrons. The summed E-state index contributed by atoms with van der Waals surface area (Å²) in [7, 11) is 0. The highest BCUT2D eigenvalue weighted by Gasteiger charge is 2.09. The molecule has 0 heteroatoms. The molecule has 0 atom stereocenters. The average Bonchev–Trinajstić information content (AvgIpc) is 1.65. The summed E-state index contributed by atoms with van der Waals surface area (Å²) in [6, 6.07) is 0. The monoisotopic (exact) mass is 108 g/mol. The van der Waals surface area contributed by atoms with E-state index in [0.717, 1.165) is 6.42 Å². The van der Waals surface area contributed by atoms with Crippen LogP contribution in [0.5, 0.6) is 0 Å². The maximum Gasteiger partial charge on any atom is 0.000462 e. The summed E-state index contributed by atoms with van der Waals surface area (Å²) in [6.45, 7) is 4.42. The highest BCUT2D eigenvalue weighted by molar-refractivity contribution is 5.13. The lowest BCUT2D eigenvalue weighted by Gasteiger charge is -2.16. The molecule has 0 heterocycles. The van der Waals surface area contributed by atoms with Gasteiger partial charge in [0, 0.05) is 5.41 Å². The molecule has 44 valence electrons. The highest BCUT2D eigenvalue weighted by Crippen LogP contribution is 2.22. The molecule has 0 unspecified atom stereocenters. The van der Waals surface area contributed by atoms with E-state index in [1.165, 1.54) is 0 Å². The molecule has 0 amide bonds. The van der Waals surface area contributed by atoms with Crippen LogP contribution in [0.2, 0.25) is 0 Å². The van der Waals surface area contributed by atoms with Crippen molar-refractivity contribution in [1.82, 2.24) is 0 Å². The van der Waals surface area contributed by atoms with Crippen molar-refractivity contribution in [2.24, 2.45) is 5.41 Å². The standard InChI is InChI=1S/C8H12/c1-8(2)6-4-3-5-7-8/h4-7H,3H2,1-2H3. The summed E-state index contributed by atoms with van der Waals surface area (Å²) in [5.41, 5.74) is 0.318. The molecule has 0 bridgehead atoms. The van der Waals surface area contributed by atoms with Crippen molar-refractivity contribution in [3.8, 4) is 0 Å². The van der Waals surface area contributed by atoms with Crippen LogP contribution in [-0.4, -0.2) is 0 Å². The molecule has 1 aliphatic carbocycles. The van der Waals surface area contributed by atoms with E-state index in [9.17, 15) is 0 Å². The van der Waals surface area contributed by atoms with Crippen LogP contribution in [0.1, 0.15) is 20.3 Å². The van der Waals surface area contributed by atoms with Gasteiger partial charge in [0.15, 0.2) is 0 Å². The Kier molecular flexibility index (Phi) is 1.24. The first kappa shape index (κ1) is 5.61. The molecule has 0 fully saturated rings. The van der Waals surface area contributed by atoms with Gasteiger partial charge in [-0.3, -0.25) is 0 Å². The van der Waals surface area contributed by atoms with Crippen LogP contribution in [0.15, 0.2) is 24.3 Å². The van der Waals surface area contributed by atoms with Crippen molar-refractivity contribution in [3.05, 3.63) is 24.3 Å². The first-order chi connectivity index (χ1) is 3.71. The molecule has 1 aliphatic rings. The zero-order valence-electron chi connectivity index (χ0n) is 5.52. The Morgan fingerprint density at radius 2 is 1.62 bits per heavy atom. The van der Waals surface area contributed by atoms with E-state index < -0.39 is 0 Å². The van der Waals surface area contributed by atoms with E-state index in [0.29, 0.717) is 5.41 Å². The van der Waals surface area contributed by atoms with Gasteiger partial charge < -0.3 is 0 Å². The Morgan fingerprint density at radius 3 is 1.88 bits per heavy atom. The smallest absolute Gasteiger partial charge is 0.000462 e. The molecule has 0 aliphatic heterocycles. The van der Waals surface area contributed by atoms with Gasteiger partial charge in [0.25, 0.3) is 0 Å². The first-order valence-corrected chi connectivity index (χ1v) is 3.06. The van der Waals surface area contributed by atoms with Crippen LogP contribution in [0.25, 0.3) is 0 Å². The van der Waals surface area contributed by atoms with Crippen LogP contribution in [0, 0.1) is 5.41 Å². The molecule has 0 aromatic carbocycles. The van der Waals surface area contributed by atoms with Crippen LogP contribution in [0.4, 0.5) is 0 Å². The van der Waals surface area contributed by atoms with E-state index in [-0.39, 0.29) is 0 Å². The summed E-state index contributed by atoms with van der Waals surface area (Å²) in [6.07, 6.45) is 10.0. The third-order valence-electron chi connectivity index (χ3n) is 1.37. The molecular formula is C8H12. The molecule has 0 aromatic heterocycles. The van der Waals surface area contributed by atoms with Gasteiger partial charge in [-0.15, -0.1) is 0 Å². The fraction of sp³-hybridized carbons (Fsp3) is 0.500. The SMILES string of the molecule is CC1(C)C=CCC=C1. The summed E-state index contributed by atoms with van der Waals surface area (Å²) >= 11 is 0. The van der Waals surface area contributed by atoms with Crippen LogP contribution < -0.4 is 0 Å². The summed E-state index contributed by atoms with van der Waals surface area (Å²) in [5.74, 6) is 0. The zero-order valence-corrected chi connectivity index (χ0v) is 5.52. The van der Waals surface area contributed by atoms with Crippen molar-refractivity contribution >= 4 is 0 Å². The average molecular weight is 108 g/mol. The van der Waals surface area contributed by atoms with E-state index in [4.69, 9.17) is 0 Å². The van der Waals surface area contributed by atoms with E-state index in [1.807, 2.05) is 0 Å². The molecule has 0 saturated heterocycles. The summed E-state index contributed by atoms with van der Waals surface area (Å²) in [4.78, 5) is 0. The van der Waals surface area contributed by atoms with Crippen molar-refractivity contribution in [1.29, 1.82) is 0 Å². The second-order valence-electron chi connectivity index (χ2n) is 2.86. The largest absolute Gasteiger partial charge is 0.0839 e. The number of allylic oxidation sites excluding steroid dienone is 4. The third-order valence-corrected chi connectivity index (χ3v) is 1.37. The maximum absolute atomic E-state index is 2.24. The predicted octanol–water partition coefficient (Wildman–Crippen LogP) is 2.53. The number of hydrogen-bond acceptors (Lipinski definition) is 0. The quantitative estimate of drug-likeness (QED) is 0.418. The van der Waals surface area contributed by atoms with Gasteiger partial charge in [-0.05, 0) is 6.42 Å². The van der Waals surface area contributed by atoms with Crippen molar-refractivity contribution in [3.63, 3.8) is 0 Å². The molecule has 0 saturated carbocycles. The van der Waals surface area contributed by atoms with Crippen molar-refractivity contribution < 1.29 is 0 Å². The van der Waals surface area contributed by atoms with Gasteiger partial charge in [0.1, 0.15) is 0 Å². The van der Waals surface area contributed by atoms with Gasteiger partial charge >= 0.3 is 0 Å². The fourth-order valence-corrected chi connectivity index (χ4v) is 0.878. The minimum absolute atomic E-state index is 0.318. The van der Waals surface area contributed by atoms with Crippen LogP contribution in [-0.2, 0) is 0 Å². The molecule has 0 spiro atoms. The Hall–Kier alpha value is -0.520. The minimum atomic E-state index is 0.318. The van der Waals surface area contributed by atoms with Crippen molar-refractivity contribution in [2.75, 3.05) is 0 Å². The van der Waals surface area contributed by atoms with Gasteiger partial charge in [0.2, 0.25) is 0 Å². The predicted molar refractivity (Wildman–Crippen MR) is 36.7 cm³/mol. The Balaban J connectivity index is 2.69. The topological polar surface area (TPSA) is 0 Å². The van der Waals surface area contributed by atoms with Gasteiger partial charge in [-0.1, -0.05) is 38.2 Å². The summed E-state index contributed by atoms with van der Waals surface area (Å²) in [5, 5.41) is 0. The molecule has 1 rings (SSSR count). The number of rotatable bonds is 0. The van der Waals surface area contributed by atoms with Gasteiger partial charge in [-0.25, -0.2) is 0 Å². The minimum Gasteiger partial charge on any atom is -0.0839 e. The molecule has 8 heavy (non-hydrogen) atoms. The maximum atomic E-state index is 2.24. The lowest BCUT2D eigenvalue weighted by atomic mass is 9.89. The lowest BCUT2D eigenvalue weighted by Crippen LogP contribution is -2.03. The highest BCUT2D eigenvalue weighted by atomic mass is 14.1. The van der Waals surface area contributed by atoms with Gasteiger partial charge in [-0.2, -0.15) is 0 Å². The van der Waals surface area contributed by atoms with E-state index >= 15 is 0 Å². The van der Waals surface area contributed by atoms with E-state index in [2.05, 4.69) is 38.2 Å². The Morgan fingerprint density at radius 1 is 1.12 bits per heavy atom. The van der Waals surface area contributed by atoms with Gasteiger partial charge in [0.05, 0.1) is 0 Å². The second-order valence-corrected chi connectivity index (χ2v) is 2.86. The normalized spacial score (nSPS) is 23.8. The van der Waals surface area contributed by atoms with Crippen LogP contribution >= 0.6 is 0 Å². The fourth-order valence-electron chi connectivity index (χ4n) is 0.878. The van der Waals surface area contributed by atoms with Crippen molar-refractivity contribution in [2.45, 2.75) is 20.3 Å². The Bertz CT molecular complexity index is 113. The Labute approximate surface area is 50.9 Å². The molecule has 0 aromatic rings.